The van der Waals surface area contributed by atoms with Crippen LogP contribution < -0.4 is 10.1 Å². The van der Waals surface area contributed by atoms with Crippen molar-refractivity contribution in [2.45, 2.75) is 39.3 Å². The van der Waals surface area contributed by atoms with Gasteiger partial charge in [0.15, 0.2) is 0 Å². The lowest BCUT2D eigenvalue weighted by Crippen LogP contribution is -2.38. The maximum Gasteiger partial charge on any atom is 0.300 e. The summed E-state index contributed by atoms with van der Waals surface area (Å²) in [7, 11) is 0. The molecule has 2 heterocycles. The number of fused-ring (bicyclic) bond motifs is 1. The highest BCUT2D eigenvalue weighted by molar-refractivity contribution is 7.59. The summed E-state index contributed by atoms with van der Waals surface area (Å²) in [6, 6.07) is 13.0. The quantitative estimate of drug-likeness (QED) is 0.459. The molecule has 1 saturated heterocycles. The molecule has 2 aromatic carbocycles. The van der Waals surface area contributed by atoms with E-state index in [9.17, 15) is 9.59 Å². The third kappa shape index (κ3) is 6.07. The van der Waals surface area contributed by atoms with Crippen molar-refractivity contribution in [2.75, 3.05) is 11.9 Å². The van der Waals surface area contributed by atoms with Crippen molar-refractivity contribution in [2.24, 2.45) is 5.92 Å². The molecule has 2 amide bonds. The Balaban J connectivity index is 0.00000204. The number of ether oxygens (including phenoxy) is 1. The number of likely N-dealkylation sites (tertiary alicyclic amines) is 1. The Morgan fingerprint density at radius 2 is 1.91 bits per heavy atom. The Labute approximate surface area is 213 Å². The Morgan fingerprint density at radius 1 is 1.21 bits per heavy atom. The molecule has 1 aromatic heterocycles. The molecule has 34 heavy (non-hydrogen) atoms. The summed E-state index contributed by atoms with van der Waals surface area (Å²) < 4.78 is 6.00. The number of hydrogen-bond acceptors (Lipinski definition) is 3. The Hall–Kier alpha value is -3.09. The van der Waals surface area contributed by atoms with Gasteiger partial charge in [0.05, 0.1) is 0 Å². The summed E-state index contributed by atoms with van der Waals surface area (Å²) in [6.07, 6.45) is 3.88. The van der Waals surface area contributed by atoms with Crippen molar-refractivity contribution < 1.29 is 14.3 Å². The van der Waals surface area contributed by atoms with Crippen LogP contribution in [0, 0.1) is 12.5 Å². The van der Waals surface area contributed by atoms with Crippen molar-refractivity contribution in [1.29, 1.82) is 0 Å². The molecule has 3 aromatic rings. The average Bonchev–Trinajstić information content (AvgIpc) is 3.41. The third-order valence-corrected chi connectivity index (χ3v) is 5.75. The van der Waals surface area contributed by atoms with Crippen LogP contribution in [-0.4, -0.2) is 34.4 Å². The van der Waals surface area contributed by atoms with Gasteiger partial charge < -0.3 is 15.0 Å². The summed E-state index contributed by atoms with van der Waals surface area (Å²) in [6.45, 7) is 11.4. The lowest BCUT2D eigenvalue weighted by molar-refractivity contribution is -0.135. The Morgan fingerprint density at radius 3 is 2.59 bits per heavy atom. The minimum absolute atomic E-state index is 0. The normalized spacial score (nSPS) is 15.6. The molecule has 0 saturated carbocycles. The van der Waals surface area contributed by atoms with Crippen LogP contribution >= 0.6 is 27.0 Å². The third-order valence-electron chi connectivity index (χ3n) is 5.75. The molecule has 180 valence electrons. The van der Waals surface area contributed by atoms with Crippen molar-refractivity contribution in [1.82, 2.24) is 9.88 Å². The molecule has 2 atom stereocenters. The van der Waals surface area contributed by atoms with Crippen molar-refractivity contribution in [3.8, 4) is 11.5 Å². The largest absolute Gasteiger partial charge is 0.457 e. The second-order valence-corrected chi connectivity index (χ2v) is 8.22. The number of H-pyrrole nitrogens is 1. The highest BCUT2D eigenvalue weighted by atomic mass is 32.1. The van der Waals surface area contributed by atoms with Crippen LogP contribution in [0.25, 0.3) is 15.7 Å². The maximum absolute atomic E-state index is 12.9. The van der Waals surface area contributed by atoms with E-state index in [0.29, 0.717) is 30.2 Å². The summed E-state index contributed by atoms with van der Waals surface area (Å²) >= 11 is 0. The zero-order chi connectivity index (χ0) is 22.7. The van der Waals surface area contributed by atoms with Gasteiger partial charge in [-0.15, -0.1) is 0 Å². The van der Waals surface area contributed by atoms with Gasteiger partial charge in [0, 0.05) is 48.6 Å². The van der Waals surface area contributed by atoms with Gasteiger partial charge in [-0.1, -0.05) is 6.92 Å². The van der Waals surface area contributed by atoms with E-state index in [1.54, 1.807) is 29.2 Å². The van der Waals surface area contributed by atoms with E-state index in [4.69, 9.17) is 11.3 Å². The fourth-order valence-corrected chi connectivity index (χ4v) is 4.18. The van der Waals surface area contributed by atoms with Gasteiger partial charge in [-0.25, -0.2) is 6.57 Å². The van der Waals surface area contributed by atoms with Crippen LogP contribution in [0.2, 0.25) is 0 Å². The highest BCUT2D eigenvalue weighted by Gasteiger charge is 2.35. The zero-order valence-electron chi connectivity index (χ0n) is 19.2. The molecule has 1 aliphatic heterocycles. The fraction of sp³-hybridized carbons (Fsp3) is 0.320. The predicted molar refractivity (Wildman–Crippen MR) is 144 cm³/mol. The van der Waals surface area contributed by atoms with Crippen molar-refractivity contribution >= 4 is 55.4 Å². The number of aromatic amines is 1. The second-order valence-electron chi connectivity index (χ2n) is 8.22. The van der Waals surface area contributed by atoms with E-state index >= 15 is 0 Å². The van der Waals surface area contributed by atoms with Crippen LogP contribution in [0.4, 0.5) is 5.69 Å². The predicted octanol–water partition coefficient (Wildman–Crippen LogP) is 5.19. The minimum Gasteiger partial charge on any atom is -0.457 e. The average molecular weight is 499 g/mol. The van der Waals surface area contributed by atoms with Gasteiger partial charge in [0.2, 0.25) is 11.8 Å². The number of rotatable bonds is 6. The van der Waals surface area contributed by atoms with E-state index < -0.39 is 0 Å². The monoisotopic (exact) mass is 498 g/mol. The standard InChI is InChI=1S/C25H26N4O3.2H2S/c1-16(25(31)29-12-4-5-24(29)26-3)13-18-15-27-23-11-10-21(14-22(18)23)32-20-8-6-19(7-9-20)28-17(2)30;;/h6-11,14-16,24,27H,4-5,12-13H2,1-2H3,(H,28,30);2*1H2/t16-,24-;;/m0../s1. The summed E-state index contributed by atoms with van der Waals surface area (Å²) in [5.74, 6) is 1.08. The van der Waals surface area contributed by atoms with E-state index in [0.717, 1.165) is 29.3 Å². The number of carbonyl (C=O) groups is 2. The van der Waals surface area contributed by atoms with Crippen LogP contribution in [0.5, 0.6) is 11.5 Å². The first-order valence-electron chi connectivity index (χ1n) is 10.8. The van der Waals surface area contributed by atoms with Gasteiger partial charge in [-0.05, 0) is 60.9 Å². The smallest absolute Gasteiger partial charge is 0.300 e. The van der Waals surface area contributed by atoms with E-state index in [1.165, 1.54) is 6.92 Å². The summed E-state index contributed by atoms with van der Waals surface area (Å²) in [4.78, 5) is 32.7. The second kappa shape index (κ2) is 11.9. The lowest BCUT2D eigenvalue weighted by Gasteiger charge is -2.20. The number of amides is 2. The van der Waals surface area contributed by atoms with Gasteiger partial charge in [0.1, 0.15) is 11.5 Å². The van der Waals surface area contributed by atoms with Crippen LogP contribution in [-0.2, 0) is 16.0 Å². The first-order valence-corrected chi connectivity index (χ1v) is 10.8. The van der Waals surface area contributed by atoms with Gasteiger partial charge in [0.25, 0.3) is 0 Å². The number of hydrogen-bond donors (Lipinski definition) is 2. The molecular formula is C25H30N4O3S2. The van der Waals surface area contributed by atoms with E-state index in [2.05, 4.69) is 15.1 Å². The number of nitrogens with one attached hydrogen (secondary N) is 2. The van der Waals surface area contributed by atoms with Gasteiger partial charge in [-0.3, -0.25) is 19.3 Å². The van der Waals surface area contributed by atoms with Gasteiger partial charge in [-0.2, -0.15) is 27.0 Å². The topological polar surface area (TPSA) is 78.8 Å². The number of nitrogens with zero attached hydrogens (tertiary/aromatic N) is 2. The van der Waals surface area contributed by atoms with Gasteiger partial charge >= 0.3 is 6.17 Å². The molecule has 4 rings (SSSR count). The molecule has 1 fully saturated rings. The zero-order valence-corrected chi connectivity index (χ0v) is 21.2. The molecule has 7 nitrogen and oxygen atoms in total. The number of benzene rings is 2. The minimum atomic E-state index is -0.315. The molecule has 0 spiro atoms. The Kier molecular flexibility index (Phi) is 9.47. The van der Waals surface area contributed by atoms with Crippen LogP contribution in [0.15, 0.2) is 48.7 Å². The van der Waals surface area contributed by atoms with E-state index in [1.807, 2.05) is 31.3 Å². The highest BCUT2D eigenvalue weighted by Crippen LogP contribution is 2.30. The first kappa shape index (κ1) is 27.2. The molecule has 0 unspecified atom stereocenters. The molecule has 1 aliphatic rings. The molecule has 9 heteroatoms. The number of carbonyl (C=O) groups excluding carboxylic acids is 2. The Bertz CT molecular complexity index is 1190. The molecular weight excluding hydrogens is 468 g/mol. The van der Waals surface area contributed by atoms with Crippen molar-refractivity contribution in [3.05, 3.63) is 65.6 Å². The number of anilines is 1. The maximum atomic E-state index is 12.9. The molecule has 2 N–H and O–H groups in total. The lowest BCUT2D eigenvalue weighted by atomic mass is 9.99. The molecule has 0 aliphatic carbocycles. The molecule has 0 radical (unpaired) electrons. The van der Waals surface area contributed by atoms with Crippen molar-refractivity contribution in [3.63, 3.8) is 0 Å². The van der Waals surface area contributed by atoms with Crippen LogP contribution in [0.1, 0.15) is 32.3 Å². The summed E-state index contributed by atoms with van der Waals surface area (Å²) in [5.41, 5.74) is 2.74. The van der Waals surface area contributed by atoms with E-state index in [-0.39, 0.29) is 50.9 Å². The van der Waals surface area contributed by atoms with Crippen LogP contribution in [0.3, 0.4) is 0 Å². The first-order chi connectivity index (χ1) is 15.4. The SMILES string of the molecule is S.S.[C-]#[N+][C@@H]1CCCN1C(=O)[C@@H](C)Cc1c[nH]c2ccc(Oc3ccc(NC(C)=O)cc3)cc12. The molecule has 0 bridgehead atoms. The number of aromatic nitrogens is 1. The fourth-order valence-electron chi connectivity index (χ4n) is 4.18. The summed E-state index contributed by atoms with van der Waals surface area (Å²) in [5, 5.41) is 3.75.